The molecule has 144 valence electrons. The highest BCUT2D eigenvalue weighted by Gasteiger charge is 2.32. The smallest absolute Gasteiger partial charge is 0.305 e. The van der Waals surface area contributed by atoms with Crippen LogP contribution in [0.15, 0.2) is 36.4 Å². The molecule has 1 aliphatic heterocycles. The summed E-state index contributed by atoms with van der Waals surface area (Å²) in [6.07, 6.45) is 1.82. The Kier molecular flexibility index (Phi) is 6.29. The number of hydrogen-bond acceptors (Lipinski definition) is 4. The van der Waals surface area contributed by atoms with E-state index in [-0.39, 0.29) is 12.3 Å². The van der Waals surface area contributed by atoms with Crippen molar-refractivity contribution in [3.05, 3.63) is 42.0 Å². The molecule has 2 N–H and O–H groups in total. The minimum atomic E-state index is -0.973. The quantitative estimate of drug-likeness (QED) is 0.699. The lowest BCUT2D eigenvalue weighted by Crippen LogP contribution is -2.55. The standard InChI is InChI=1S/C21H26N2O4/c1-2-3-12-27-19-9-8-15-6-4-5-7-16(15)17(19)14-23-11-10-22-21(26)18(23)13-20(24)25/h4-9,18H,2-3,10-14H2,1H3,(H,22,26)(H,24,25). The molecule has 0 radical (unpaired) electrons. The van der Waals surface area contributed by atoms with Crippen molar-refractivity contribution in [1.82, 2.24) is 10.2 Å². The Bertz CT molecular complexity index is 821. The van der Waals surface area contributed by atoms with Gasteiger partial charge in [0, 0.05) is 25.2 Å². The number of carboxylic acid groups (broad SMARTS) is 1. The molecule has 3 rings (SSSR count). The molecular weight excluding hydrogens is 344 g/mol. The molecule has 2 aromatic carbocycles. The van der Waals surface area contributed by atoms with Crippen LogP contribution >= 0.6 is 0 Å². The highest BCUT2D eigenvalue weighted by atomic mass is 16.5. The van der Waals surface area contributed by atoms with Gasteiger partial charge in [0.1, 0.15) is 11.8 Å². The fourth-order valence-electron chi connectivity index (χ4n) is 3.48. The summed E-state index contributed by atoms with van der Waals surface area (Å²) < 4.78 is 6.03. The van der Waals surface area contributed by atoms with Crippen LogP contribution in [0.3, 0.4) is 0 Å². The lowest BCUT2D eigenvalue weighted by molar-refractivity contribution is -0.143. The number of hydrogen-bond donors (Lipinski definition) is 2. The molecule has 1 saturated heterocycles. The Morgan fingerprint density at radius 2 is 2.11 bits per heavy atom. The molecule has 6 nitrogen and oxygen atoms in total. The molecule has 6 heteroatoms. The van der Waals surface area contributed by atoms with E-state index >= 15 is 0 Å². The number of carboxylic acids is 1. The second-order valence-corrected chi connectivity index (χ2v) is 6.84. The van der Waals surface area contributed by atoms with Crippen LogP contribution in [0.4, 0.5) is 0 Å². The zero-order valence-corrected chi connectivity index (χ0v) is 15.6. The van der Waals surface area contributed by atoms with Crippen molar-refractivity contribution in [3.63, 3.8) is 0 Å². The van der Waals surface area contributed by atoms with Crippen molar-refractivity contribution in [2.75, 3.05) is 19.7 Å². The second-order valence-electron chi connectivity index (χ2n) is 6.84. The third kappa shape index (κ3) is 4.57. The topological polar surface area (TPSA) is 78.9 Å². The summed E-state index contributed by atoms with van der Waals surface area (Å²) >= 11 is 0. The number of aliphatic carboxylic acids is 1. The fraction of sp³-hybridized carbons (Fsp3) is 0.429. The van der Waals surface area contributed by atoms with Crippen LogP contribution in [0.25, 0.3) is 10.8 Å². The first kappa shape index (κ1) is 19.2. The third-order valence-corrected chi connectivity index (χ3v) is 4.92. The van der Waals surface area contributed by atoms with Gasteiger partial charge in [0.25, 0.3) is 0 Å². The number of piperazine rings is 1. The van der Waals surface area contributed by atoms with E-state index in [1.54, 1.807) is 0 Å². The first-order chi connectivity index (χ1) is 13.1. The monoisotopic (exact) mass is 370 g/mol. The highest BCUT2D eigenvalue weighted by Crippen LogP contribution is 2.30. The molecule has 0 bridgehead atoms. The van der Waals surface area contributed by atoms with Crippen molar-refractivity contribution in [2.24, 2.45) is 0 Å². The Balaban J connectivity index is 1.94. The summed E-state index contributed by atoms with van der Waals surface area (Å²) in [5, 5.41) is 14.2. The number of carbonyl (C=O) groups is 2. The van der Waals surface area contributed by atoms with Crippen LogP contribution in [0.2, 0.25) is 0 Å². The van der Waals surface area contributed by atoms with Gasteiger partial charge in [0.2, 0.25) is 5.91 Å². The van der Waals surface area contributed by atoms with Gasteiger partial charge < -0.3 is 15.2 Å². The number of carbonyl (C=O) groups excluding carboxylic acids is 1. The Morgan fingerprint density at radius 3 is 2.89 bits per heavy atom. The second kappa shape index (κ2) is 8.86. The third-order valence-electron chi connectivity index (χ3n) is 4.92. The van der Waals surface area contributed by atoms with Crippen molar-refractivity contribution >= 4 is 22.6 Å². The van der Waals surface area contributed by atoms with E-state index in [9.17, 15) is 14.7 Å². The molecule has 1 heterocycles. The average molecular weight is 370 g/mol. The Morgan fingerprint density at radius 1 is 1.30 bits per heavy atom. The van der Waals surface area contributed by atoms with Crippen molar-refractivity contribution in [2.45, 2.75) is 38.8 Å². The molecule has 1 atom stereocenters. The molecular formula is C21H26N2O4. The summed E-state index contributed by atoms with van der Waals surface area (Å²) in [6.45, 7) is 4.37. The molecule has 1 aliphatic rings. The fourth-order valence-corrected chi connectivity index (χ4v) is 3.48. The van der Waals surface area contributed by atoms with Crippen LogP contribution in [0.5, 0.6) is 5.75 Å². The molecule has 0 aromatic heterocycles. The summed E-state index contributed by atoms with van der Waals surface area (Å²) in [7, 11) is 0. The predicted molar refractivity (Wildman–Crippen MR) is 104 cm³/mol. The first-order valence-electron chi connectivity index (χ1n) is 9.47. The minimum Gasteiger partial charge on any atom is -0.493 e. The number of nitrogens with zero attached hydrogens (tertiary/aromatic N) is 1. The van der Waals surface area contributed by atoms with Gasteiger partial charge in [-0.25, -0.2) is 0 Å². The van der Waals surface area contributed by atoms with Gasteiger partial charge in [-0.2, -0.15) is 0 Å². The van der Waals surface area contributed by atoms with Gasteiger partial charge in [-0.3, -0.25) is 14.5 Å². The van der Waals surface area contributed by atoms with E-state index < -0.39 is 12.0 Å². The molecule has 27 heavy (non-hydrogen) atoms. The van der Waals surface area contributed by atoms with Crippen LogP contribution < -0.4 is 10.1 Å². The number of unbranched alkanes of at least 4 members (excludes halogenated alkanes) is 1. The molecule has 0 aliphatic carbocycles. The van der Waals surface area contributed by atoms with Gasteiger partial charge in [0.15, 0.2) is 0 Å². The van der Waals surface area contributed by atoms with E-state index in [1.165, 1.54) is 0 Å². The zero-order chi connectivity index (χ0) is 19.2. The normalized spacial score (nSPS) is 17.7. The average Bonchev–Trinajstić information content (AvgIpc) is 2.66. The summed E-state index contributed by atoms with van der Waals surface area (Å²) in [5.74, 6) is -0.390. The number of benzene rings is 2. The first-order valence-corrected chi connectivity index (χ1v) is 9.47. The van der Waals surface area contributed by atoms with Crippen molar-refractivity contribution in [1.29, 1.82) is 0 Å². The lowest BCUT2D eigenvalue weighted by Gasteiger charge is -2.34. The number of nitrogens with one attached hydrogen (secondary N) is 1. The number of ether oxygens (including phenoxy) is 1. The van der Waals surface area contributed by atoms with Crippen molar-refractivity contribution in [3.8, 4) is 5.75 Å². The number of amides is 1. The Labute approximate surface area is 159 Å². The van der Waals surface area contributed by atoms with Gasteiger partial charge in [-0.05, 0) is 23.3 Å². The lowest BCUT2D eigenvalue weighted by atomic mass is 10.0. The maximum Gasteiger partial charge on any atom is 0.305 e. The predicted octanol–water partition coefficient (Wildman–Crippen LogP) is 2.79. The number of fused-ring (bicyclic) bond motifs is 1. The zero-order valence-electron chi connectivity index (χ0n) is 15.6. The van der Waals surface area contributed by atoms with E-state index in [2.05, 4.69) is 12.2 Å². The maximum absolute atomic E-state index is 12.2. The Hall–Kier alpha value is -2.60. The molecule has 0 saturated carbocycles. The SMILES string of the molecule is CCCCOc1ccc2ccccc2c1CN1CCNC(=O)C1CC(=O)O. The van der Waals surface area contributed by atoms with E-state index in [1.807, 2.05) is 41.3 Å². The molecule has 0 spiro atoms. The van der Waals surface area contributed by atoms with E-state index in [0.717, 1.165) is 34.9 Å². The largest absolute Gasteiger partial charge is 0.493 e. The van der Waals surface area contributed by atoms with Gasteiger partial charge in [-0.1, -0.05) is 43.7 Å². The van der Waals surface area contributed by atoms with Crippen molar-refractivity contribution < 1.29 is 19.4 Å². The summed E-state index contributed by atoms with van der Waals surface area (Å²) in [4.78, 5) is 25.4. The van der Waals surface area contributed by atoms with Gasteiger partial charge in [0.05, 0.1) is 13.0 Å². The highest BCUT2D eigenvalue weighted by molar-refractivity contribution is 5.89. The van der Waals surface area contributed by atoms with Gasteiger partial charge >= 0.3 is 5.97 Å². The maximum atomic E-state index is 12.2. The summed E-state index contributed by atoms with van der Waals surface area (Å²) in [5.41, 5.74) is 1.01. The summed E-state index contributed by atoms with van der Waals surface area (Å²) in [6, 6.07) is 11.4. The number of rotatable bonds is 8. The van der Waals surface area contributed by atoms with E-state index in [4.69, 9.17) is 4.74 Å². The minimum absolute atomic E-state index is 0.206. The van der Waals surface area contributed by atoms with Crippen LogP contribution in [-0.2, 0) is 16.1 Å². The molecule has 1 unspecified atom stereocenters. The van der Waals surface area contributed by atoms with E-state index in [0.29, 0.717) is 26.2 Å². The van der Waals surface area contributed by atoms with Gasteiger partial charge in [-0.15, -0.1) is 0 Å². The van der Waals surface area contributed by atoms with Crippen LogP contribution in [0.1, 0.15) is 31.7 Å². The van der Waals surface area contributed by atoms with Crippen LogP contribution in [0, 0.1) is 0 Å². The van der Waals surface area contributed by atoms with Crippen LogP contribution in [-0.4, -0.2) is 47.6 Å². The molecule has 2 aromatic rings. The molecule has 1 fully saturated rings. The molecule has 1 amide bonds.